The van der Waals surface area contributed by atoms with E-state index in [9.17, 15) is 9.59 Å². The van der Waals surface area contributed by atoms with Crippen LogP contribution >= 0.6 is 0 Å². The number of aromatic nitrogens is 1. The summed E-state index contributed by atoms with van der Waals surface area (Å²) in [5.74, 6) is 0.210. The number of carbonyl (C=O) groups excluding carboxylic acids is 2. The smallest absolute Gasteiger partial charge is 0.338 e. The summed E-state index contributed by atoms with van der Waals surface area (Å²) in [5, 5.41) is 3.34. The highest BCUT2D eigenvalue weighted by Gasteiger charge is 2.38. The number of hydrogen-bond donors (Lipinski definition) is 1. The molecule has 7 nitrogen and oxygen atoms in total. The first-order valence-corrected chi connectivity index (χ1v) is 8.99. The van der Waals surface area contributed by atoms with Crippen molar-refractivity contribution in [3.63, 3.8) is 0 Å². The predicted molar refractivity (Wildman–Crippen MR) is 102 cm³/mol. The van der Waals surface area contributed by atoms with Crippen LogP contribution in [0.4, 0.5) is 5.69 Å². The zero-order chi connectivity index (χ0) is 19.5. The summed E-state index contributed by atoms with van der Waals surface area (Å²) in [5.41, 5.74) is 2.46. The average molecular weight is 377 g/mol. The highest BCUT2D eigenvalue weighted by molar-refractivity contribution is 5.99. The van der Waals surface area contributed by atoms with Gasteiger partial charge in [0.25, 0.3) is 5.91 Å². The van der Waals surface area contributed by atoms with Crippen molar-refractivity contribution >= 4 is 17.6 Å². The molecular formula is C21H19N3O4. The molecule has 0 unspecified atom stereocenters. The molecule has 1 atom stereocenters. The summed E-state index contributed by atoms with van der Waals surface area (Å²) < 4.78 is 10.4. The molecule has 3 heterocycles. The van der Waals surface area contributed by atoms with Crippen molar-refractivity contribution in [1.29, 1.82) is 0 Å². The van der Waals surface area contributed by atoms with Crippen LogP contribution in [0.3, 0.4) is 0 Å². The summed E-state index contributed by atoms with van der Waals surface area (Å²) >= 11 is 0. The molecule has 142 valence electrons. The lowest BCUT2D eigenvalue weighted by molar-refractivity contribution is 0.0526. The van der Waals surface area contributed by atoms with Crippen LogP contribution in [0.5, 0.6) is 0 Å². The quantitative estimate of drug-likeness (QED) is 0.661. The standard InChI is InChI=1S/C21H19N3O4/c1-2-27-21(26)14-7-9-15(10-8-14)23-19-18-17(6-3-11-22-18)20(25)24(19)13-16-5-4-12-28-16/h3-12,19,23H,2,13H2,1H3/t19-/m0/s1. The summed E-state index contributed by atoms with van der Waals surface area (Å²) in [7, 11) is 0. The molecule has 0 aliphatic carbocycles. The highest BCUT2D eigenvalue weighted by atomic mass is 16.5. The fourth-order valence-electron chi connectivity index (χ4n) is 3.19. The maximum atomic E-state index is 12.9. The van der Waals surface area contributed by atoms with Gasteiger partial charge < -0.3 is 19.4 Å². The number of esters is 1. The van der Waals surface area contributed by atoms with Gasteiger partial charge >= 0.3 is 5.97 Å². The van der Waals surface area contributed by atoms with Crippen molar-refractivity contribution in [3.8, 4) is 0 Å². The Morgan fingerprint density at radius 1 is 1.21 bits per heavy atom. The second-order valence-corrected chi connectivity index (χ2v) is 6.29. The predicted octanol–water partition coefficient (Wildman–Crippen LogP) is 3.62. The zero-order valence-electron chi connectivity index (χ0n) is 15.3. The Kier molecular flexibility index (Phi) is 4.80. The van der Waals surface area contributed by atoms with Gasteiger partial charge in [0.1, 0.15) is 11.9 Å². The van der Waals surface area contributed by atoms with E-state index in [4.69, 9.17) is 9.15 Å². The van der Waals surface area contributed by atoms with E-state index >= 15 is 0 Å². The Labute approximate surface area is 161 Å². The number of carbonyl (C=O) groups is 2. The third kappa shape index (κ3) is 3.34. The first-order valence-electron chi connectivity index (χ1n) is 8.99. The van der Waals surface area contributed by atoms with Gasteiger partial charge in [-0.1, -0.05) is 0 Å². The van der Waals surface area contributed by atoms with Gasteiger partial charge in [0.15, 0.2) is 0 Å². The molecule has 0 spiro atoms. The van der Waals surface area contributed by atoms with Crippen LogP contribution in [0.1, 0.15) is 45.3 Å². The van der Waals surface area contributed by atoms with E-state index in [0.29, 0.717) is 35.7 Å². The largest absolute Gasteiger partial charge is 0.467 e. The molecule has 4 rings (SSSR count). The summed E-state index contributed by atoms with van der Waals surface area (Å²) in [6.07, 6.45) is 2.81. The fourth-order valence-corrected chi connectivity index (χ4v) is 3.19. The third-order valence-corrected chi connectivity index (χ3v) is 4.51. The van der Waals surface area contributed by atoms with Crippen molar-refractivity contribution in [1.82, 2.24) is 9.88 Å². The zero-order valence-corrected chi connectivity index (χ0v) is 15.3. The van der Waals surface area contributed by atoms with Crippen LogP contribution in [-0.2, 0) is 11.3 Å². The van der Waals surface area contributed by atoms with Gasteiger partial charge in [-0.2, -0.15) is 0 Å². The lowest BCUT2D eigenvalue weighted by atomic mass is 10.2. The minimum Gasteiger partial charge on any atom is -0.467 e. The Morgan fingerprint density at radius 2 is 2.04 bits per heavy atom. The number of anilines is 1. The van der Waals surface area contributed by atoms with E-state index in [1.54, 1.807) is 66.7 Å². The molecule has 0 fully saturated rings. The lowest BCUT2D eigenvalue weighted by Gasteiger charge is -2.25. The minimum atomic E-state index is -0.442. The number of nitrogens with one attached hydrogen (secondary N) is 1. The van der Waals surface area contributed by atoms with Crippen molar-refractivity contribution in [2.24, 2.45) is 0 Å². The summed E-state index contributed by atoms with van der Waals surface area (Å²) in [6, 6.07) is 14.1. The molecule has 1 aromatic carbocycles. The van der Waals surface area contributed by atoms with Crippen LogP contribution in [0.2, 0.25) is 0 Å². The number of fused-ring (bicyclic) bond motifs is 1. The number of hydrogen-bond acceptors (Lipinski definition) is 6. The Bertz CT molecular complexity index is 983. The summed E-state index contributed by atoms with van der Waals surface area (Å²) in [6.45, 7) is 2.41. The number of benzene rings is 1. The number of pyridine rings is 1. The first kappa shape index (κ1) is 17.8. The maximum absolute atomic E-state index is 12.9. The van der Waals surface area contributed by atoms with Gasteiger partial charge in [0.2, 0.25) is 0 Å². The van der Waals surface area contributed by atoms with E-state index < -0.39 is 6.17 Å². The monoisotopic (exact) mass is 377 g/mol. The van der Waals surface area contributed by atoms with E-state index in [2.05, 4.69) is 10.3 Å². The molecule has 1 aliphatic heterocycles. The van der Waals surface area contributed by atoms with Gasteiger partial charge in [-0.3, -0.25) is 9.78 Å². The third-order valence-electron chi connectivity index (χ3n) is 4.51. The molecule has 3 aromatic rings. The van der Waals surface area contributed by atoms with Gasteiger partial charge in [-0.15, -0.1) is 0 Å². The van der Waals surface area contributed by atoms with Gasteiger partial charge in [-0.05, 0) is 55.5 Å². The van der Waals surface area contributed by atoms with E-state index in [0.717, 1.165) is 5.69 Å². The van der Waals surface area contributed by atoms with Crippen molar-refractivity contribution in [2.45, 2.75) is 19.6 Å². The van der Waals surface area contributed by atoms with Crippen LogP contribution in [0.15, 0.2) is 65.4 Å². The molecule has 0 bridgehead atoms. The Balaban J connectivity index is 1.60. The number of furan rings is 1. The Morgan fingerprint density at radius 3 is 2.75 bits per heavy atom. The van der Waals surface area contributed by atoms with Crippen LogP contribution in [0, 0.1) is 0 Å². The molecule has 1 amide bonds. The van der Waals surface area contributed by atoms with Crippen molar-refractivity contribution < 1.29 is 18.7 Å². The summed E-state index contributed by atoms with van der Waals surface area (Å²) in [4.78, 5) is 30.8. The Hall–Kier alpha value is -3.61. The molecule has 0 saturated heterocycles. The topological polar surface area (TPSA) is 84.7 Å². The molecule has 7 heteroatoms. The van der Waals surface area contributed by atoms with Gasteiger partial charge in [-0.25, -0.2) is 4.79 Å². The molecule has 2 aromatic heterocycles. The van der Waals surface area contributed by atoms with Crippen LogP contribution < -0.4 is 5.32 Å². The lowest BCUT2D eigenvalue weighted by Crippen LogP contribution is -2.32. The molecule has 1 aliphatic rings. The van der Waals surface area contributed by atoms with Crippen molar-refractivity contribution in [2.75, 3.05) is 11.9 Å². The van der Waals surface area contributed by atoms with E-state index in [1.807, 2.05) is 6.07 Å². The highest BCUT2D eigenvalue weighted by Crippen LogP contribution is 2.34. The van der Waals surface area contributed by atoms with Crippen molar-refractivity contribution in [3.05, 3.63) is 83.6 Å². The van der Waals surface area contributed by atoms with E-state index in [-0.39, 0.29) is 11.9 Å². The number of ether oxygens (including phenoxy) is 1. The number of amides is 1. The van der Waals surface area contributed by atoms with E-state index in [1.165, 1.54) is 0 Å². The van der Waals surface area contributed by atoms with Crippen LogP contribution in [-0.4, -0.2) is 28.4 Å². The second kappa shape index (κ2) is 7.56. The average Bonchev–Trinajstić information content (AvgIpc) is 3.32. The molecular weight excluding hydrogens is 358 g/mol. The number of rotatable bonds is 6. The first-order chi connectivity index (χ1) is 13.7. The molecule has 28 heavy (non-hydrogen) atoms. The van der Waals surface area contributed by atoms with Gasteiger partial charge in [0.05, 0.1) is 36.2 Å². The normalized spacial score (nSPS) is 15.4. The van der Waals surface area contributed by atoms with Gasteiger partial charge in [0, 0.05) is 11.9 Å². The number of nitrogens with zero attached hydrogens (tertiary/aromatic N) is 2. The minimum absolute atomic E-state index is 0.111. The second-order valence-electron chi connectivity index (χ2n) is 6.29. The fraction of sp³-hybridized carbons (Fsp3) is 0.190. The van der Waals surface area contributed by atoms with Crippen LogP contribution in [0.25, 0.3) is 0 Å². The molecule has 0 saturated carbocycles. The maximum Gasteiger partial charge on any atom is 0.338 e. The molecule has 0 radical (unpaired) electrons. The SMILES string of the molecule is CCOC(=O)c1ccc(N[C@@H]2c3ncccc3C(=O)N2Cc2ccco2)cc1. The molecule has 1 N–H and O–H groups in total.